The Morgan fingerprint density at radius 1 is 1.14 bits per heavy atom. The van der Waals surface area contributed by atoms with E-state index in [1.165, 1.54) is 0 Å². The lowest BCUT2D eigenvalue weighted by Gasteiger charge is -2.24. The number of carbonyl (C=O) groups excluding carboxylic acids is 2. The van der Waals surface area contributed by atoms with E-state index < -0.39 is 14.4 Å². The van der Waals surface area contributed by atoms with Gasteiger partial charge in [-0.1, -0.05) is 32.0 Å². The van der Waals surface area contributed by atoms with Crippen LogP contribution in [0.25, 0.3) is 0 Å². The summed E-state index contributed by atoms with van der Waals surface area (Å²) < 4.78 is 5.52. The second-order valence-corrected chi connectivity index (χ2v) is 11.0. The summed E-state index contributed by atoms with van der Waals surface area (Å²) >= 11 is 0. The summed E-state index contributed by atoms with van der Waals surface area (Å²) in [5.74, 6) is -0.277. The first-order valence-corrected chi connectivity index (χ1v) is 10.7. The summed E-state index contributed by atoms with van der Waals surface area (Å²) in [6.07, 6.45) is 0.571. The van der Waals surface area contributed by atoms with Gasteiger partial charge in [0, 0.05) is 5.56 Å². The first kappa shape index (κ1) is 17.4. The summed E-state index contributed by atoms with van der Waals surface area (Å²) in [7, 11) is -1.97. The maximum atomic E-state index is 12.3. The molecule has 0 bridgehead atoms. The molecule has 1 rings (SSSR count). The Balaban J connectivity index is 2.79. The molecule has 0 aromatic heterocycles. The molecule has 5 heteroatoms. The normalized spacial score (nSPS) is 12.9. The highest BCUT2D eigenvalue weighted by Gasteiger charge is 2.28. The van der Waals surface area contributed by atoms with Gasteiger partial charge in [0.1, 0.15) is 6.04 Å². The van der Waals surface area contributed by atoms with E-state index >= 15 is 0 Å². The molecule has 0 saturated heterocycles. The van der Waals surface area contributed by atoms with Crippen LogP contribution in [0, 0.1) is 5.92 Å². The average Bonchev–Trinajstić information content (AvgIpc) is 2.36. The van der Waals surface area contributed by atoms with Crippen LogP contribution < -0.4 is 5.32 Å². The fourth-order valence-electron chi connectivity index (χ4n) is 1.89. The first-order valence-electron chi connectivity index (χ1n) is 7.28. The van der Waals surface area contributed by atoms with Gasteiger partial charge in [-0.25, -0.2) is 0 Å². The van der Waals surface area contributed by atoms with E-state index in [0.717, 1.165) is 0 Å². The van der Waals surface area contributed by atoms with Crippen LogP contribution in [-0.2, 0) is 9.22 Å². The zero-order chi connectivity index (χ0) is 16.0. The smallest absolute Gasteiger partial charge is 0.315 e. The van der Waals surface area contributed by atoms with Gasteiger partial charge in [-0.05, 0) is 44.1 Å². The first-order chi connectivity index (χ1) is 9.69. The summed E-state index contributed by atoms with van der Waals surface area (Å²) in [5, 5.41) is 2.80. The largest absolute Gasteiger partial charge is 0.518 e. The molecule has 0 saturated carbocycles. The minimum Gasteiger partial charge on any atom is -0.518 e. The Bertz CT molecular complexity index is 480. The summed E-state index contributed by atoms with van der Waals surface area (Å²) in [6, 6.07) is 8.31. The molecule has 0 heterocycles. The van der Waals surface area contributed by atoms with Crippen LogP contribution in [0.2, 0.25) is 19.6 Å². The zero-order valence-electron chi connectivity index (χ0n) is 13.5. The number of hydrogen-bond acceptors (Lipinski definition) is 3. The van der Waals surface area contributed by atoms with Crippen LogP contribution in [0.1, 0.15) is 30.6 Å². The van der Waals surface area contributed by atoms with Crippen LogP contribution in [0.3, 0.4) is 0 Å². The molecule has 0 radical (unpaired) electrons. The Morgan fingerprint density at radius 3 is 2.19 bits per heavy atom. The SMILES string of the molecule is CC(C)CC(NC(=O)c1ccccc1)C(=O)O[Si](C)(C)C. The average molecular weight is 307 g/mol. The molecule has 1 N–H and O–H groups in total. The second-order valence-electron chi connectivity index (χ2n) is 6.56. The molecule has 1 aromatic rings. The lowest BCUT2D eigenvalue weighted by molar-refractivity contribution is -0.137. The summed E-state index contributed by atoms with van der Waals surface area (Å²) in [4.78, 5) is 24.5. The quantitative estimate of drug-likeness (QED) is 0.821. The van der Waals surface area contributed by atoms with Crippen LogP contribution in [0.5, 0.6) is 0 Å². The van der Waals surface area contributed by atoms with Crippen molar-refractivity contribution in [3.05, 3.63) is 35.9 Å². The topological polar surface area (TPSA) is 55.4 Å². The second kappa shape index (κ2) is 7.40. The molecular weight excluding hydrogens is 282 g/mol. The van der Waals surface area contributed by atoms with Crippen LogP contribution in [0.15, 0.2) is 30.3 Å². The van der Waals surface area contributed by atoms with Crippen molar-refractivity contribution in [2.24, 2.45) is 5.92 Å². The van der Waals surface area contributed by atoms with Gasteiger partial charge >= 0.3 is 5.97 Å². The predicted molar refractivity (Wildman–Crippen MR) is 86.6 cm³/mol. The molecule has 1 aromatic carbocycles. The van der Waals surface area contributed by atoms with Crippen molar-refractivity contribution in [1.82, 2.24) is 5.32 Å². The Kier molecular flexibility index (Phi) is 6.14. The lowest BCUT2D eigenvalue weighted by atomic mass is 10.0. The maximum absolute atomic E-state index is 12.3. The van der Waals surface area contributed by atoms with E-state index in [2.05, 4.69) is 5.32 Å². The third kappa shape index (κ3) is 6.58. The Labute approximate surface area is 128 Å². The number of amides is 1. The fraction of sp³-hybridized carbons (Fsp3) is 0.500. The van der Waals surface area contributed by atoms with E-state index in [9.17, 15) is 9.59 Å². The molecule has 0 aliphatic heterocycles. The van der Waals surface area contributed by atoms with E-state index in [1.807, 2.05) is 39.6 Å². The van der Waals surface area contributed by atoms with Crippen molar-refractivity contribution in [2.75, 3.05) is 0 Å². The lowest BCUT2D eigenvalue weighted by Crippen LogP contribution is -2.46. The molecule has 0 aliphatic carbocycles. The highest BCUT2D eigenvalue weighted by atomic mass is 28.4. The molecule has 1 amide bonds. The van der Waals surface area contributed by atoms with Gasteiger partial charge in [0.05, 0.1) is 0 Å². The minimum atomic E-state index is -1.97. The van der Waals surface area contributed by atoms with Gasteiger partial charge in [-0.3, -0.25) is 9.59 Å². The van der Waals surface area contributed by atoms with E-state index in [4.69, 9.17) is 4.43 Å². The number of hydrogen-bond donors (Lipinski definition) is 1. The molecule has 0 fully saturated rings. The van der Waals surface area contributed by atoms with Gasteiger partial charge in [0.2, 0.25) is 8.32 Å². The maximum Gasteiger partial charge on any atom is 0.315 e. The van der Waals surface area contributed by atoms with Crippen molar-refractivity contribution in [3.8, 4) is 0 Å². The number of nitrogens with one attached hydrogen (secondary N) is 1. The molecular formula is C16H25NO3Si. The van der Waals surface area contributed by atoms with Gasteiger partial charge in [0.25, 0.3) is 5.91 Å². The highest BCUT2D eigenvalue weighted by Crippen LogP contribution is 2.12. The van der Waals surface area contributed by atoms with Crippen LogP contribution in [0.4, 0.5) is 0 Å². The van der Waals surface area contributed by atoms with E-state index in [1.54, 1.807) is 24.3 Å². The minimum absolute atomic E-state index is 0.242. The standard InChI is InChI=1S/C16H25NO3Si/c1-12(2)11-14(16(19)20-21(3,4)5)17-15(18)13-9-7-6-8-10-13/h6-10,12,14H,11H2,1-5H3,(H,17,18). The summed E-state index contributed by atoms with van der Waals surface area (Å²) in [5.41, 5.74) is 0.548. The third-order valence-corrected chi connectivity index (χ3v) is 3.55. The van der Waals surface area contributed by atoms with Crippen molar-refractivity contribution in [3.63, 3.8) is 0 Å². The highest BCUT2D eigenvalue weighted by molar-refractivity contribution is 6.71. The molecule has 1 atom stereocenters. The molecule has 21 heavy (non-hydrogen) atoms. The molecule has 4 nitrogen and oxygen atoms in total. The van der Waals surface area contributed by atoms with Crippen molar-refractivity contribution < 1.29 is 14.0 Å². The predicted octanol–water partition coefficient (Wildman–Crippen LogP) is 3.21. The number of rotatable bonds is 6. The summed E-state index contributed by atoms with van der Waals surface area (Å²) in [6.45, 7) is 9.90. The van der Waals surface area contributed by atoms with E-state index in [0.29, 0.717) is 17.9 Å². The number of carbonyl (C=O) groups is 2. The molecule has 1 unspecified atom stereocenters. The van der Waals surface area contributed by atoms with Crippen molar-refractivity contribution >= 4 is 20.2 Å². The van der Waals surface area contributed by atoms with Crippen LogP contribution in [-0.4, -0.2) is 26.2 Å². The van der Waals surface area contributed by atoms with Crippen molar-refractivity contribution in [1.29, 1.82) is 0 Å². The monoisotopic (exact) mass is 307 g/mol. The van der Waals surface area contributed by atoms with E-state index in [-0.39, 0.29) is 11.9 Å². The van der Waals surface area contributed by atoms with Crippen LogP contribution >= 0.6 is 0 Å². The van der Waals surface area contributed by atoms with Gasteiger partial charge in [0.15, 0.2) is 0 Å². The molecule has 0 aliphatic rings. The van der Waals surface area contributed by atoms with Gasteiger partial charge in [-0.15, -0.1) is 0 Å². The fourth-order valence-corrected chi connectivity index (χ4v) is 2.64. The third-order valence-electron chi connectivity index (χ3n) is 2.74. The molecule has 116 valence electrons. The number of benzene rings is 1. The van der Waals surface area contributed by atoms with Crippen molar-refractivity contribution in [2.45, 2.75) is 46.0 Å². The van der Waals surface area contributed by atoms with Gasteiger partial charge in [-0.2, -0.15) is 0 Å². The Morgan fingerprint density at radius 2 is 1.71 bits per heavy atom. The Hall–Kier alpha value is -1.62. The molecule has 0 spiro atoms. The zero-order valence-corrected chi connectivity index (χ0v) is 14.5. The van der Waals surface area contributed by atoms with Gasteiger partial charge < -0.3 is 9.74 Å².